The van der Waals surface area contributed by atoms with Crippen LogP contribution in [-0.4, -0.2) is 24.7 Å². The minimum Gasteiger partial charge on any atom is -0.483 e. The maximum atomic E-state index is 12.3. The minimum absolute atomic E-state index is 0.0649. The molecular formula is C24H22Br2N2O5. The molecular weight excluding hydrogens is 556 g/mol. The Hall–Kier alpha value is -2.91. The SMILES string of the molecule is Cc1ccc(C(C)C)c(OCC(=O)N/N=C\c2cc(Br)cc(Br)c2OC(=O)c2ccco2)c1. The molecule has 9 heteroatoms. The number of halogens is 2. The molecule has 0 atom stereocenters. The van der Waals surface area contributed by atoms with Crippen molar-refractivity contribution in [1.82, 2.24) is 5.43 Å². The molecule has 0 aliphatic heterocycles. The van der Waals surface area contributed by atoms with Crippen molar-refractivity contribution in [2.45, 2.75) is 26.7 Å². The fourth-order valence-corrected chi connectivity index (χ4v) is 4.25. The Bertz CT molecular complexity index is 1170. The topological polar surface area (TPSA) is 90.1 Å². The number of benzene rings is 2. The quantitative estimate of drug-likeness (QED) is 0.154. The second-order valence-corrected chi connectivity index (χ2v) is 9.22. The normalized spacial score (nSPS) is 11.1. The first-order chi connectivity index (χ1) is 15.7. The predicted octanol–water partition coefficient (Wildman–Crippen LogP) is 5.98. The maximum absolute atomic E-state index is 12.3. The molecule has 1 amide bonds. The molecule has 2 aromatic carbocycles. The number of carbonyl (C=O) groups excluding carboxylic acids is 2. The molecule has 172 valence electrons. The number of nitrogens with one attached hydrogen (secondary N) is 1. The molecule has 0 saturated heterocycles. The molecule has 1 N–H and O–H groups in total. The van der Waals surface area contributed by atoms with Gasteiger partial charge in [0, 0.05) is 10.0 Å². The summed E-state index contributed by atoms with van der Waals surface area (Å²) in [4.78, 5) is 24.5. The van der Waals surface area contributed by atoms with Gasteiger partial charge >= 0.3 is 5.97 Å². The Morgan fingerprint density at radius 2 is 1.97 bits per heavy atom. The van der Waals surface area contributed by atoms with Gasteiger partial charge in [-0.05, 0) is 70.2 Å². The second kappa shape index (κ2) is 11.3. The number of amides is 1. The van der Waals surface area contributed by atoms with Gasteiger partial charge in [0.25, 0.3) is 5.91 Å². The Kier molecular flexibility index (Phi) is 8.46. The molecule has 33 heavy (non-hydrogen) atoms. The second-order valence-electron chi connectivity index (χ2n) is 7.45. The Balaban J connectivity index is 1.67. The monoisotopic (exact) mass is 576 g/mol. The highest BCUT2D eigenvalue weighted by atomic mass is 79.9. The number of rotatable bonds is 8. The van der Waals surface area contributed by atoms with Crippen LogP contribution in [-0.2, 0) is 4.79 Å². The summed E-state index contributed by atoms with van der Waals surface area (Å²) in [5.74, 6) is 0.149. The van der Waals surface area contributed by atoms with E-state index in [1.54, 1.807) is 18.2 Å². The van der Waals surface area contributed by atoms with Crippen molar-refractivity contribution < 1.29 is 23.5 Å². The zero-order valence-electron chi connectivity index (χ0n) is 18.2. The van der Waals surface area contributed by atoms with Gasteiger partial charge in [0.05, 0.1) is 17.0 Å². The summed E-state index contributed by atoms with van der Waals surface area (Å²) >= 11 is 6.77. The van der Waals surface area contributed by atoms with E-state index >= 15 is 0 Å². The van der Waals surface area contributed by atoms with Crippen molar-refractivity contribution >= 4 is 50.0 Å². The van der Waals surface area contributed by atoms with E-state index in [1.165, 1.54) is 18.5 Å². The molecule has 3 aromatic rings. The lowest BCUT2D eigenvalue weighted by molar-refractivity contribution is -0.123. The van der Waals surface area contributed by atoms with Crippen LogP contribution < -0.4 is 14.9 Å². The number of hydrogen-bond donors (Lipinski definition) is 1. The summed E-state index contributed by atoms with van der Waals surface area (Å²) in [6.07, 6.45) is 2.76. The van der Waals surface area contributed by atoms with Gasteiger partial charge in [-0.2, -0.15) is 5.10 Å². The molecule has 0 spiro atoms. The summed E-state index contributed by atoms with van der Waals surface area (Å²) in [6, 6.07) is 12.4. The van der Waals surface area contributed by atoms with Gasteiger partial charge in [-0.25, -0.2) is 10.2 Å². The van der Waals surface area contributed by atoms with Crippen LogP contribution in [0.1, 0.15) is 47.0 Å². The summed E-state index contributed by atoms with van der Waals surface area (Å²) < 4.78 is 17.5. The van der Waals surface area contributed by atoms with Crippen LogP contribution >= 0.6 is 31.9 Å². The highest BCUT2D eigenvalue weighted by molar-refractivity contribution is 9.11. The zero-order chi connectivity index (χ0) is 24.0. The molecule has 0 aliphatic rings. The average Bonchev–Trinajstić information content (AvgIpc) is 3.29. The highest BCUT2D eigenvalue weighted by Crippen LogP contribution is 2.33. The van der Waals surface area contributed by atoms with E-state index in [2.05, 4.69) is 56.2 Å². The third kappa shape index (κ3) is 6.79. The van der Waals surface area contributed by atoms with Gasteiger partial charge in [-0.3, -0.25) is 4.79 Å². The van der Waals surface area contributed by atoms with E-state index in [0.717, 1.165) is 15.6 Å². The fraction of sp³-hybridized carbons (Fsp3) is 0.208. The summed E-state index contributed by atoms with van der Waals surface area (Å²) in [6.45, 7) is 5.90. The number of esters is 1. The van der Waals surface area contributed by atoms with Crippen LogP contribution in [0.25, 0.3) is 0 Å². The first-order valence-corrected chi connectivity index (χ1v) is 11.6. The van der Waals surface area contributed by atoms with Gasteiger partial charge in [-0.15, -0.1) is 0 Å². The number of aryl methyl sites for hydroxylation is 1. The van der Waals surface area contributed by atoms with Crippen molar-refractivity contribution in [2.75, 3.05) is 6.61 Å². The standard InChI is InChI=1S/C24H22Br2N2O5/c1-14(2)18-7-6-15(3)9-21(18)32-13-22(29)28-27-12-16-10-17(25)11-19(26)23(16)33-24(30)20-5-4-8-31-20/h4-12,14H,13H2,1-3H3,(H,28,29)/b27-12-. The van der Waals surface area contributed by atoms with Crippen molar-refractivity contribution in [1.29, 1.82) is 0 Å². The highest BCUT2D eigenvalue weighted by Gasteiger charge is 2.17. The van der Waals surface area contributed by atoms with Crippen molar-refractivity contribution in [3.8, 4) is 11.5 Å². The van der Waals surface area contributed by atoms with E-state index in [1.807, 2.05) is 25.1 Å². The molecule has 3 rings (SSSR count). The lowest BCUT2D eigenvalue weighted by Crippen LogP contribution is -2.25. The Morgan fingerprint density at radius 1 is 1.18 bits per heavy atom. The predicted molar refractivity (Wildman–Crippen MR) is 132 cm³/mol. The van der Waals surface area contributed by atoms with Crippen LogP contribution in [0.5, 0.6) is 11.5 Å². The Morgan fingerprint density at radius 3 is 2.67 bits per heavy atom. The summed E-state index contributed by atoms with van der Waals surface area (Å²) in [7, 11) is 0. The third-order valence-corrected chi connectivity index (χ3v) is 5.54. The molecule has 0 saturated carbocycles. The summed E-state index contributed by atoms with van der Waals surface area (Å²) in [5, 5.41) is 3.98. The minimum atomic E-state index is -0.658. The molecule has 1 heterocycles. The Labute approximate surface area is 208 Å². The van der Waals surface area contributed by atoms with E-state index in [4.69, 9.17) is 13.9 Å². The summed E-state index contributed by atoms with van der Waals surface area (Å²) in [5.41, 5.74) is 4.96. The van der Waals surface area contributed by atoms with E-state index in [9.17, 15) is 9.59 Å². The van der Waals surface area contributed by atoms with Crippen LogP contribution in [0.15, 0.2) is 67.2 Å². The number of hydrazone groups is 1. The average molecular weight is 578 g/mol. The van der Waals surface area contributed by atoms with E-state index in [0.29, 0.717) is 15.8 Å². The first kappa shape index (κ1) is 24.7. The number of hydrogen-bond acceptors (Lipinski definition) is 6. The van der Waals surface area contributed by atoms with Crippen LogP contribution in [0.2, 0.25) is 0 Å². The van der Waals surface area contributed by atoms with Crippen LogP contribution in [0, 0.1) is 6.92 Å². The van der Waals surface area contributed by atoms with Crippen molar-refractivity contribution in [3.05, 3.63) is 80.1 Å². The maximum Gasteiger partial charge on any atom is 0.379 e. The fourth-order valence-electron chi connectivity index (χ4n) is 2.91. The number of furan rings is 1. The number of ether oxygens (including phenoxy) is 2. The molecule has 0 bridgehead atoms. The molecule has 0 unspecified atom stereocenters. The van der Waals surface area contributed by atoms with Crippen LogP contribution in [0.3, 0.4) is 0 Å². The van der Waals surface area contributed by atoms with Gasteiger partial charge in [0.15, 0.2) is 12.4 Å². The molecule has 7 nitrogen and oxygen atoms in total. The smallest absolute Gasteiger partial charge is 0.379 e. The van der Waals surface area contributed by atoms with Gasteiger partial charge in [0.1, 0.15) is 5.75 Å². The largest absolute Gasteiger partial charge is 0.483 e. The first-order valence-electron chi connectivity index (χ1n) is 10.0. The van der Waals surface area contributed by atoms with Gasteiger partial charge < -0.3 is 13.9 Å². The lowest BCUT2D eigenvalue weighted by atomic mass is 10.0. The third-order valence-electron chi connectivity index (χ3n) is 4.50. The van der Waals surface area contributed by atoms with Crippen molar-refractivity contribution in [3.63, 3.8) is 0 Å². The van der Waals surface area contributed by atoms with E-state index in [-0.39, 0.29) is 24.0 Å². The molecule has 0 aliphatic carbocycles. The zero-order valence-corrected chi connectivity index (χ0v) is 21.4. The lowest BCUT2D eigenvalue weighted by Gasteiger charge is -2.14. The number of nitrogens with zero attached hydrogens (tertiary/aromatic N) is 1. The van der Waals surface area contributed by atoms with Gasteiger partial charge in [-0.1, -0.05) is 41.9 Å². The molecule has 0 radical (unpaired) electrons. The van der Waals surface area contributed by atoms with Crippen molar-refractivity contribution in [2.24, 2.45) is 5.10 Å². The molecule has 0 fully saturated rings. The van der Waals surface area contributed by atoms with Crippen LogP contribution in [0.4, 0.5) is 0 Å². The van der Waals surface area contributed by atoms with Gasteiger partial charge in [0.2, 0.25) is 5.76 Å². The molecule has 1 aromatic heterocycles. The van der Waals surface area contributed by atoms with E-state index < -0.39 is 11.9 Å². The number of carbonyl (C=O) groups is 2.